The van der Waals surface area contributed by atoms with Crippen LogP contribution in [-0.4, -0.2) is 31.7 Å². The van der Waals surface area contributed by atoms with Crippen molar-refractivity contribution in [3.05, 3.63) is 54.0 Å². The summed E-state index contributed by atoms with van der Waals surface area (Å²) in [6.45, 7) is 3.06. The predicted molar refractivity (Wildman–Crippen MR) is 103 cm³/mol. The van der Waals surface area contributed by atoms with Gasteiger partial charge in [-0.15, -0.1) is 0 Å². The predicted octanol–water partition coefficient (Wildman–Crippen LogP) is 3.26. The number of nitrogens with one attached hydrogen (secondary N) is 1. The van der Waals surface area contributed by atoms with Crippen LogP contribution in [0.1, 0.15) is 50.0 Å². The van der Waals surface area contributed by atoms with E-state index in [-0.39, 0.29) is 11.9 Å². The van der Waals surface area contributed by atoms with Crippen molar-refractivity contribution in [2.75, 3.05) is 13.1 Å². The van der Waals surface area contributed by atoms with Crippen LogP contribution >= 0.6 is 0 Å². The highest BCUT2D eigenvalue weighted by molar-refractivity contribution is 7.89. The monoisotopic (exact) mass is 390 g/mol. The first-order valence-electron chi connectivity index (χ1n) is 9.38. The van der Waals surface area contributed by atoms with Gasteiger partial charge in [-0.2, -0.15) is 4.31 Å². The molecule has 7 heteroatoms. The summed E-state index contributed by atoms with van der Waals surface area (Å²) in [6, 6.07) is 10.3. The molecule has 0 bridgehead atoms. The summed E-state index contributed by atoms with van der Waals surface area (Å²) in [5.74, 6) is 0.652. The second-order valence-electron chi connectivity index (χ2n) is 6.91. The van der Waals surface area contributed by atoms with Crippen molar-refractivity contribution in [1.82, 2.24) is 9.62 Å². The number of furan rings is 1. The molecule has 146 valence electrons. The summed E-state index contributed by atoms with van der Waals surface area (Å²) in [5.41, 5.74) is 0.938. The fraction of sp³-hybridized carbons (Fsp3) is 0.450. The Labute approximate surface area is 160 Å². The molecule has 0 aliphatic carbocycles. The van der Waals surface area contributed by atoms with E-state index in [0.717, 1.165) is 30.6 Å². The van der Waals surface area contributed by atoms with Crippen molar-refractivity contribution >= 4 is 15.9 Å². The number of amides is 1. The Morgan fingerprint density at radius 1 is 1.15 bits per heavy atom. The van der Waals surface area contributed by atoms with E-state index in [0.29, 0.717) is 30.8 Å². The lowest BCUT2D eigenvalue weighted by Crippen LogP contribution is -2.35. The molecule has 27 heavy (non-hydrogen) atoms. The van der Waals surface area contributed by atoms with Crippen molar-refractivity contribution in [2.45, 2.75) is 50.0 Å². The van der Waals surface area contributed by atoms with Gasteiger partial charge < -0.3 is 9.73 Å². The largest absolute Gasteiger partial charge is 0.467 e. The Balaban J connectivity index is 1.53. The molecular weight excluding hydrogens is 364 g/mol. The number of benzene rings is 1. The van der Waals surface area contributed by atoms with Gasteiger partial charge in [-0.05, 0) is 56.0 Å². The number of hydrogen-bond donors (Lipinski definition) is 1. The molecule has 6 nitrogen and oxygen atoms in total. The van der Waals surface area contributed by atoms with Crippen molar-refractivity contribution < 1.29 is 17.6 Å². The van der Waals surface area contributed by atoms with E-state index in [1.54, 1.807) is 40.9 Å². The molecule has 1 N–H and O–H groups in total. The highest BCUT2D eigenvalue weighted by atomic mass is 32.2. The molecule has 1 aliphatic heterocycles. The first-order valence-corrected chi connectivity index (χ1v) is 10.8. The number of piperidine rings is 1. The lowest BCUT2D eigenvalue weighted by Gasteiger charge is -2.25. The van der Waals surface area contributed by atoms with Gasteiger partial charge >= 0.3 is 0 Å². The molecule has 1 fully saturated rings. The molecule has 1 aromatic carbocycles. The van der Waals surface area contributed by atoms with Gasteiger partial charge in [-0.1, -0.05) is 18.6 Å². The number of sulfonamides is 1. The van der Waals surface area contributed by atoms with Crippen LogP contribution in [0.2, 0.25) is 0 Å². The quantitative estimate of drug-likeness (QED) is 0.787. The first kappa shape index (κ1) is 19.6. The molecule has 0 radical (unpaired) electrons. The summed E-state index contributed by atoms with van der Waals surface area (Å²) in [6.07, 6.45) is 5.40. The first-order chi connectivity index (χ1) is 13.0. The SMILES string of the molecule is C[C@H](NC(=O)CCc1ccc(S(=O)(=O)N2CCCCC2)cc1)c1ccco1. The van der Waals surface area contributed by atoms with E-state index < -0.39 is 10.0 Å². The third-order valence-corrected chi connectivity index (χ3v) is 6.78. The Morgan fingerprint density at radius 2 is 1.85 bits per heavy atom. The maximum atomic E-state index is 12.7. The number of hydrogen-bond acceptors (Lipinski definition) is 4. The Kier molecular flexibility index (Phi) is 6.34. The van der Waals surface area contributed by atoms with Gasteiger partial charge in [0.15, 0.2) is 0 Å². The van der Waals surface area contributed by atoms with Crippen molar-refractivity contribution in [2.24, 2.45) is 0 Å². The summed E-state index contributed by atoms with van der Waals surface area (Å²) in [4.78, 5) is 12.4. The van der Waals surface area contributed by atoms with Crippen molar-refractivity contribution in [3.63, 3.8) is 0 Å². The Hall–Kier alpha value is -2.12. The van der Waals surface area contributed by atoms with Crippen molar-refractivity contribution in [3.8, 4) is 0 Å². The zero-order chi connectivity index (χ0) is 19.3. The molecule has 0 saturated carbocycles. The lowest BCUT2D eigenvalue weighted by atomic mass is 10.1. The fourth-order valence-electron chi connectivity index (χ4n) is 3.26. The summed E-state index contributed by atoms with van der Waals surface area (Å²) >= 11 is 0. The van der Waals surface area contributed by atoms with Gasteiger partial charge in [0, 0.05) is 19.5 Å². The number of rotatable bonds is 7. The van der Waals surface area contributed by atoms with E-state index in [4.69, 9.17) is 4.42 Å². The smallest absolute Gasteiger partial charge is 0.243 e. The fourth-order valence-corrected chi connectivity index (χ4v) is 4.78. The van der Waals surface area contributed by atoms with Gasteiger partial charge in [-0.25, -0.2) is 8.42 Å². The topological polar surface area (TPSA) is 79.6 Å². The van der Waals surface area contributed by atoms with Gasteiger partial charge in [0.05, 0.1) is 17.2 Å². The molecule has 1 atom stereocenters. The molecule has 3 rings (SSSR count). The number of nitrogens with zero attached hydrogens (tertiary/aromatic N) is 1. The number of carbonyl (C=O) groups is 1. The minimum absolute atomic E-state index is 0.0658. The summed E-state index contributed by atoms with van der Waals surface area (Å²) in [7, 11) is -3.41. The van der Waals surface area contributed by atoms with Crippen LogP contribution in [0.5, 0.6) is 0 Å². The van der Waals surface area contributed by atoms with Crippen LogP contribution < -0.4 is 5.32 Å². The van der Waals surface area contributed by atoms with Crippen LogP contribution in [-0.2, 0) is 21.2 Å². The van der Waals surface area contributed by atoms with Gasteiger partial charge in [-0.3, -0.25) is 4.79 Å². The third kappa shape index (κ3) is 4.99. The Morgan fingerprint density at radius 3 is 2.48 bits per heavy atom. The molecule has 1 aliphatic rings. The molecule has 2 heterocycles. The molecule has 1 amide bonds. The Bertz CT molecular complexity index is 839. The minimum atomic E-state index is -3.41. The lowest BCUT2D eigenvalue weighted by molar-refractivity contribution is -0.121. The van der Waals surface area contributed by atoms with Gasteiger partial charge in [0.2, 0.25) is 15.9 Å². The van der Waals surface area contributed by atoms with Crippen LogP contribution in [0.4, 0.5) is 0 Å². The molecular formula is C20H26N2O4S. The van der Waals surface area contributed by atoms with Crippen LogP contribution in [0, 0.1) is 0 Å². The van der Waals surface area contributed by atoms with Gasteiger partial charge in [0.25, 0.3) is 0 Å². The highest BCUT2D eigenvalue weighted by Gasteiger charge is 2.25. The molecule has 0 spiro atoms. The molecule has 1 aromatic heterocycles. The van der Waals surface area contributed by atoms with E-state index in [9.17, 15) is 13.2 Å². The van der Waals surface area contributed by atoms with Gasteiger partial charge in [0.1, 0.15) is 5.76 Å². The minimum Gasteiger partial charge on any atom is -0.467 e. The van der Waals surface area contributed by atoms with Crippen LogP contribution in [0.15, 0.2) is 52.0 Å². The normalized spacial score (nSPS) is 16.8. The highest BCUT2D eigenvalue weighted by Crippen LogP contribution is 2.21. The van der Waals surface area contributed by atoms with E-state index in [1.807, 2.05) is 13.0 Å². The summed E-state index contributed by atoms with van der Waals surface area (Å²) in [5, 5.41) is 2.90. The second kappa shape index (κ2) is 8.71. The maximum absolute atomic E-state index is 12.7. The molecule has 1 saturated heterocycles. The average molecular weight is 391 g/mol. The van der Waals surface area contributed by atoms with E-state index >= 15 is 0 Å². The second-order valence-corrected chi connectivity index (χ2v) is 8.85. The summed E-state index contributed by atoms with van der Waals surface area (Å²) < 4.78 is 32.1. The van der Waals surface area contributed by atoms with E-state index in [2.05, 4.69) is 5.32 Å². The van der Waals surface area contributed by atoms with E-state index in [1.165, 1.54) is 0 Å². The molecule has 0 unspecified atom stereocenters. The van der Waals surface area contributed by atoms with Crippen LogP contribution in [0.3, 0.4) is 0 Å². The number of aryl methyl sites for hydroxylation is 1. The zero-order valence-electron chi connectivity index (χ0n) is 15.6. The maximum Gasteiger partial charge on any atom is 0.243 e. The average Bonchev–Trinajstić information content (AvgIpc) is 3.22. The zero-order valence-corrected chi connectivity index (χ0v) is 16.4. The number of carbonyl (C=O) groups excluding carboxylic acids is 1. The molecule has 2 aromatic rings. The third-order valence-electron chi connectivity index (χ3n) is 4.86. The van der Waals surface area contributed by atoms with Crippen molar-refractivity contribution in [1.29, 1.82) is 0 Å². The standard InChI is InChI=1S/C20H26N2O4S/c1-16(19-6-5-15-26-19)21-20(23)12-9-17-7-10-18(11-8-17)27(24,25)22-13-3-2-4-14-22/h5-8,10-11,15-16H,2-4,9,12-14H2,1H3,(H,21,23)/t16-/m0/s1. The van der Waals surface area contributed by atoms with Crippen LogP contribution in [0.25, 0.3) is 0 Å².